The van der Waals surface area contributed by atoms with Crippen LogP contribution in [0.4, 0.5) is 0 Å². The molecule has 3 heteroatoms. The maximum atomic E-state index is 4.49. The summed E-state index contributed by atoms with van der Waals surface area (Å²) in [4.78, 5) is 8.87. The van der Waals surface area contributed by atoms with E-state index in [0.29, 0.717) is 0 Å². The first-order valence-electron chi connectivity index (χ1n) is 13.2. The van der Waals surface area contributed by atoms with Gasteiger partial charge in [-0.25, -0.2) is 0 Å². The molecule has 6 rings (SSSR count). The summed E-state index contributed by atoms with van der Waals surface area (Å²) in [7, 11) is 0. The van der Waals surface area contributed by atoms with Crippen LogP contribution in [0.3, 0.4) is 0 Å². The molecule has 0 saturated carbocycles. The third kappa shape index (κ3) is 5.39. The van der Waals surface area contributed by atoms with Crippen LogP contribution in [0.5, 0.6) is 0 Å². The first kappa shape index (κ1) is 28.6. The smallest absolute Gasteiger partial charge is 0.0192 e. The maximum Gasteiger partial charge on any atom is 0.0192 e. The van der Waals surface area contributed by atoms with E-state index in [9.17, 15) is 0 Å². The molecule has 0 N–H and O–H groups in total. The zero-order valence-corrected chi connectivity index (χ0v) is 25.9. The molecule has 0 spiro atoms. The molecule has 0 bridgehead atoms. The maximum absolute atomic E-state index is 4.49. The predicted octanol–water partition coefficient (Wildman–Crippen LogP) is 8.95. The van der Waals surface area contributed by atoms with Gasteiger partial charge in [0.05, 0.1) is 0 Å². The molecule has 0 atom stereocenters. The molecule has 1 radical (unpaired) electrons. The number of aryl methyl sites for hydroxylation is 2. The molecule has 2 heterocycles. The molecule has 0 unspecified atom stereocenters. The molecule has 3 aromatic carbocycles. The SMILES string of the molecule is CC1(C)c2c[c-]c(-c3ccccn3)cc2-c2ccccc2C1(C)C.Cc1cnc(-c2[c-]cccc2)cc1C.[Ir]. The standard InChI is InChI=1S/C23H22N.C13H12N.Ir/c1-22(2)19-10-6-5-9-17(19)18-15-16(21-11-7-8-14-24-21)12-13-20(18)23(22,3)4;1-10-8-13(14-9-11(10)2)12-6-4-3-5-7-12;/h5-11,13-15H,1-4H3;3-6,8-9H,1-2H3;/q2*-1;. The van der Waals surface area contributed by atoms with Gasteiger partial charge < -0.3 is 9.97 Å². The average Bonchev–Trinajstić information content (AvgIpc) is 2.95. The number of rotatable bonds is 2. The van der Waals surface area contributed by atoms with Gasteiger partial charge in [0.25, 0.3) is 0 Å². The van der Waals surface area contributed by atoms with E-state index in [1.54, 1.807) is 0 Å². The first-order valence-corrected chi connectivity index (χ1v) is 13.2. The Balaban J connectivity index is 0.000000202. The number of pyridine rings is 2. The van der Waals surface area contributed by atoms with Crippen LogP contribution >= 0.6 is 0 Å². The Morgan fingerprint density at radius 3 is 2.03 bits per heavy atom. The van der Waals surface area contributed by atoms with Crippen LogP contribution in [0, 0.1) is 26.0 Å². The fourth-order valence-corrected chi connectivity index (χ4v) is 5.16. The summed E-state index contributed by atoms with van der Waals surface area (Å²) in [6.45, 7) is 13.6. The molecular weight excluding hydrogens is 653 g/mol. The fourth-order valence-electron chi connectivity index (χ4n) is 5.16. The van der Waals surface area contributed by atoms with Crippen LogP contribution in [0.2, 0.25) is 0 Å². The Morgan fingerprint density at radius 2 is 1.33 bits per heavy atom. The second kappa shape index (κ2) is 11.4. The van der Waals surface area contributed by atoms with Crippen molar-refractivity contribution in [3.8, 4) is 33.6 Å². The van der Waals surface area contributed by atoms with Crippen molar-refractivity contribution in [1.82, 2.24) is 9.97 Å². The van der Waals surface area contributed by atoms with Gasteiger partial charge in [0.2, 0.25) is 0 Å². The molecule has 2 aromatic heterocycles. The van der Waals surface area contributed by atoms with Gasteiger partial charge in [-0.3, -0.25) is 0 Å². The van der Waals surface area contributed by atoms with E-state index in [1.807, 2.05) is 54.9 Å². The first-order chi connectivity index (χ1) is 18.2. The van der Waals surface area contributed by atoms with Crippen molar-refractivity contribution in [2.75, 3.05) is 0 Å². The third-order valence-corrected chi connectivity index (χ3v) is 8.38. The van der Waals surface area contributed by atoms with E-state index in [0.717, 1.165) is 22.5 Å². The van der Waals surface area contributed by atoms with Crippen molar-refractivity contribution >= 4 is 0 Å². The summed E-state index contributed by atoms with van der Waals surface area (Å²) in [6, 6.07) is 35.9. The fraction of sp³-hybridized carbons (Fsp3) is 0.222. The van der Waals surface area contributed by atoms with Crippen LogP contribution in [0.25, 0.3) is 33.6 Å². The zero-order chi connectivity index (χ0) is 26.9. The predicted molar refractivity (Wildman–Crippen MR) is 158 cm³/mol. The summed E-state index contributed by atoms with van der Waals surface area (Å²) in [5, 5.41) is 0. The van der Waals surface area contributed by atoms with Crippen molar-refractivity contribution < 1.29 is 20.1 Å². The number of nitrogens with zero attached hydrogens (tertiary/aromatic N) is 2. The molecule has 0 aliphatic heterocycles. The minimum absolute atomic E-state index is 0. The van der Waals surface area contributed by atoms with Gasteiger partial charge >= 0.3 is 0 Å². The van der Waals surface area contributed by atoms with Gasteiger partial charge in [0.15, 0.2) is 0 Å². The van der Waals surface area contributed by atoms with Crippen LogP contribution < -0.4 is 0 Å². The van der Waals surface area contributed by atoms with Gasteiger partial charge in [0, 0.05) is 32.5 Å². The number of aromatic nitrogens is 2. The van der Waals surface area contributed by atoms with Crippen molar-refractivity contribution in [3.63, 3.8) is 0 Å². The minimum atomic E-state index is 0. The Kier molecular flexibility index (Phi) is 8.35. The van der Waals surface area contributed by atoms with Gasteiger partial charge in [-0.2, -0.15) is 0 Å². The molecule has 5 aromatic rings. The summed E-state index contributed by atoms with van der Waals surface area (Å²) in [6.07, 6.45) is 3.75. The second-order valence-electron chi connectivity index (χ2n) is 11.1. The molecule has 199 valence electrons. The van der Waals surface area contributed by atoms with Crippen LogP contribution in [-0.4, -0.2) is 9.97 Å². The Bertz CT molecular complexity index is 1570. The van der Waals surface area contributed by atoms with Gasteiger partial charge in [-0.15, -0.1) is 65.2 Å². The Hall–Kier alpha value is -3.39. The summed E-state index contributed by atoms with van der Waals surface area (Å²) < 4.78 is 0. The molecule has 1 aliphatic carbocycles. The van der Waals surface area contributed by atoms with Crippen molar-refractivity contribution in [2.45, 2.75) is 52.4 Å². The normalized spacial score (nSPS) is 14.1. The Morgan fingerprint density at radius 1 is 0.615 bits per heavy atom. The average molecular weight is 687 g/mol. The van der Waals surface area contributed by atoms with E-state index < -0.39 is 0 Å². The Labute approximate surface area is 246 Å². The number of hydrogen-bond donors (Lipinski definition) is 0. The van der Waals surface area contributed by atoms with Gasteiger partial charge in [0.1, 0.15) is 0 Å². The monoisotopic (exact) mass is 687 g/mol. The number of hydrogen-bond acceptors (Lipinski definition) is 2. The van der Waals surface area contributed by atoms with E-state index in [-0.39, 0.29) is 30.9 Å². The summed E-state index contributed by atoms with van der Waals surface area (Å²) >= 11 is 0. The number of fused-ring (bicyclic) bond motifs is 3. The minimum Gasteiger partial charge on any atom is -0.305 e. The van der Waals surface area contributed by atoms with Crippen LogP contribution in [0.1, 0.15) is 49.9 Å². The largest absolute Gasteiger partial charge is 0.305 e. The van der Waals surface area contributed by atoms with E-state index in [2.05, 4.69) is 106 Å². The summed E-state index contributed by atoms with van der Waals surface area (Å²) in [5.41, 5.74) is 12.1. The number of benzene rings is 3. The topological polar surface area (TPSA) is 25.8 Å². The van der Waals surface area contributed by atoms with Crippen LogP contribution in [-0.2, 0) is 30.9 Å². The molecule has 39 heavy (non-hydrogen) atoms. The molecule has 2 nitrogen and oxygen atoms in total. The van der Waals surface area contributed by atoms with Gasteiger partial charge in [-0.05, 0) is 58.8 Å². The van der Waals surface area contributed by atoms with Gasteiger partial charge in [-0.1, -0.05) is 81.3 Å². The van der Waals surface area contributed by atoms with Crippen molar-refractivity contribution in [3.05, 3.63) is 132 Å². The molecule has 0 fully saturated rings. The van der Waals surface area contributed by atoms with Crippen molar-refractivity contribution in [2.24, 2.45) is 0 Å². The summed E-state index contributed by atoms with van der Waals surface area (Å²) in [5.74, 6) is 0. The molecular formula is C36H34IrN2-2. The van der Waals surface area contributed by atoms with E-state index in [4.69, 9.17) is 0 Å². The van der Waals surface area contributed by atoms with E-state index >= 15 is 0 Å². The molecule has 0 saturated heterocycles. The molecule has 0 amide bonds. The van der Waals surface area contributed by atoms with E-state index in [1.165, 1.54) is 33.4 Å². The quantitative estimate of drug-likeness (QED) is 0.173. The second-order valence-corrected chi connectivity index (χ2v) is 11.1. The van der Waals surface area contributed by atoms with Crippen molar-refractivity contribution in [1.29, 1.82) is 0 Å². The van der Waals surface area contributed by atoms with Crippen LogP contribution in [0.15, 0.2) is 97.3 Å². The zero-order valence-electron chi connectivity index (χ0n) is 23.5. The molecule has 1 aliphatic rings. The third-order valence-electron chi connectivity index (χ3n) is 8.38.